The van der Waals surface area contributed by atoms with E-state index < -0.39 is 0 Å². The first-order chi connectivity index (χ1) is 9.99. The number of halogens is 2. The third kappa shape index (κ3) is 8.89. The molecule has 0 aliphatic rings. The third-order valence-corrected chi connectivity index (χ3v) is 3.06. The van der Waals surface area contributed by atoms with Crippen LogP contribution in [0.25, 0.3) is 0 Å². The second-order valence-electron chi connectivity index (χ2n) is 5.14. The number of nitrogens with two attached hydrogens (primary N) is 1. The van der Waals surface area contributed by atoms with E-state index >= 15 is 0 Å². The van der Waals surface area contributed by atoms with Crippen molar-refractivity contribution in [2.45, 2.75) is 20.3 Å². The van der Waals surface area contributed by atoms with Gasteiger partial charge in [-0.05, 0) is 36.6 Å². The van der Waals surface area contributed by atoms with Crippen LogP contribution in [0.4, 0.5) is 0 Å². The lowest BCUT2D eigenvalue weighted by Gasteiger charge is -2.08. The third-order valence-electron chi connectivity index (χ3n) is 2.81. The van der Waals surface area contributed by atoms with E-state index in [0.717, 1.165) is 6.42 Å². The summed E-state index contributed by atoms with van der Waals surface area (Å²) in [5, 5.41) is 6.37. The molecule has 0 radical (unpaired) electrons. The SMILES string of the molecule is Br.CC(C)CCN=C(N)NCCNC(=O)c1ccc(Cl)cc1. The first kappa shape index (κ1) is 20.7. The fourth-order valence-electron chi connectivity index (χ4n) is 1.57. The van der Waals surface area contributed by atoms with Crippen molar-refractivity contribution in [1.29, 1.82) is 0 Å². The second-order valence-corrected chi connectivity index (χ2v) is 5.58. The molecule has 0 spiro atoms. The zero-order chi connectivity index (χ0) is 15.7. The summed E-state index contributed by atoms with van der Waals surface area (Å²) in [6.45, 7) is 6.02. The largest absolute Gasteiger partial charge is 0.370 e. The van der Waals surface area contributed by atoms with E-state index in [1.807, 2.05) is 0 Å². The van der Waals surface area contributed by atoms with Crippen molar-refractivity contribution in [2.24, 2.45) is 16.6 Å². The van der Waals surface area contributed by atoms with Crippen molar-refractivity contribution in [2.75, 3.05) is 19.6 Å². The average Bonchev–Trinajstić information content (AvgIpc) is 2.43. The molecule has 0 saturated carbocycles. The summed E-state index contributed by atoms with van der Waals surface area (Å²) in [6.07, 6.45) is 1.01. The number of carbonyl (C=O) groups is 1. The van der Waals surface area contributed by atoms with Crippen LogP contribution in [0.1, 0.15) is 30.6 Å². The molecular weight excluding hydrogens is 368 g/mol. The maximum absolute atomic E-state index is 11.8. The lowest BCUT2D eigenvalue weighted by Crippen LogP contribution is -2.38. The molecule has 7 heteroatoms. The minimum Gasteiger partial charge on any atom is -0.370 e. The number of nitrogens with zero attached hydrogens (tertiary/aromatic N) is 1. The molecule has 1 rings (SSSR count). The number of amides is 1. The summed E-state index contributed by atoms with van der Waals surface area (Å²) in [5.41, 5.74) is 6.30. The van der Waals surface area contributed by atoms with E-state index in [0.29, 0.717) is 42.1 Å². The molecule has 0 unspecified atom stereocenters. The van der Waals surface area contributed by atoms with Gasteiger partial charge in [0.15, 0.2) is 5.96 Å². The maximum atomic E-state index is 11.8. The quantitative estimate of drug-likeness (QED) is 0.380. The molecule has 0 aliphatic heterocycles. The molecule has 0 bridgehead atoms. The van der Waals surface area contributed by atoms with E-state index in [1.165, 1.54) is 0 Å². The Labute approximate surface area is 147 Å². The van der Waals surface area contributed by atoms with Gasteiger partial charge >= 0.3 is 0 Å². The fourth-order valence-corrected chi connectivity index (χ4v) is 1.70. The Bertz CT molecular complexity index is 477. The van der Waals surface area contributed by atoms with Gasteiger partial charge in [-0.25, -0.2) is 0 Å². The molecule has 5 nitrogen and oxygen atoms in total. The Hall–Kier alpha value is -1.27. The van der Waals surface area contributed by atoms with Gasteiger partial charge in [-0.1, -0.05) is 25.4 Å². The number of benzene rings is 1. The van der Waals surface area contributed by atoms with E-state index in [-0.39, 0.29) is 22.9 Å². The van der Waals surface area contributed by atoms with Gasteiger partial charge in [-0.3, -0.25) is 9.79 Å². The molecule has 22 heavy (non-hydrogen) atoms. The van der Waals surface area contributed by atoms with Crippen molar-refractivity contribution < 1.29 is 4.79 Å². The summed E-state index contributed by atoms with van der Waals surface area (Å²) in [5.74, 6) is 0.889. The first-order valence-corrected chi connectivity index (χ1v) is 7.44. The van der Waals surface area contributed by atoms with Crippen molar-refractivity contribution in [3.8, 4) is 0 Å². The number of carbonyl (C=O) groups excluding carboxylic acids is 1. The molecule has 1 aromatic carbocycles. The number of rotatable bonds is 7. The van der Waals surface area contributed by atoms with Crippen molar-refractivity contribution in [3.63, 3.8) is 0 Å². The molecule has 0 aromatic heterocycles. The van der Waals surface area contributed by atoms with E-state index in [9.17, 15) is 4.79 Å². The van der Waals surface area contributed by atoms with Gasteiger partial charge in [0.1, 0.15) is 0 Å². The highest BCUT2D eigenvalue weighted by Gasteiger charge is 2.03. The normalized spacial score (nSPS) is 11.0. The fraction of sp³-hybridized carbons (Fsp3) is 0.467. The van der Waals surface area contributed by atoms with Crippen LogP contribution in [0.3, 0.4) is 0 Å². The number of aliphatic imine (C=N–C) groups is 1. The predicted octanol–water partition coefficient (Wildman–Crippen LogP) is 2.60. The van der Waals surface area contributed by atoms with E-state index in [2.05, 4.69) is 29.5 Å². The minimum atomic E-state index is -0.135. The van der Waals surface area contributed by atoms with Crippen molar-refractivity contribution in [1.82, 2.24) is 10.6 Å². The number of nitrogens with one attached hydrogen (secondary N) is 2. The lowest BCUT2D eigenvalue weighted by atomic mass is 10.1. The van der Waals surface area contributed by atoms with Crippen LogP contribution >= 0.6 is 28.6 Å². The molecule has 0 atom stereocenters. The van der Waals surface area contributed by atoms with Gasteiger partial charge < -0.3 is 16.4 Å². The molecule has 0 saturated heterocycles. The van der Waals surface area contributed by atoms with Gasteiger partial charge in [0.25, 0.3) is 5.91 Å². The van der Waals surface area contributed by atoms with Crippen molar-refractivity contribution in [3.05, 3.63) is 34.9 Å². The average molecular weight is 392 g/mol. The number of hydrogen-bond acceptors (Lipinski definition) is 2. The van der Waals surface area contributed by atoms with Gasteiger partial charge in [-0.15, -0.1) is 17.0 Å². The predicted molar refractivity (Wildman–Crippen MR) is 98.1 cm³/mol. The molecule has 124 valence electrons. The number of hydrogen-bond donors (Lipinski definition) is 3. The lowest BCUT2D eigenvalue weighted by molar-refractivity contribution is 0.0954. The highest BCUT2D eigenvalue weighted by Crippen LogP contribution is 2.09. The van der Waals surface area contributed by atoms with Gasteiger partial charge in [0, 0.05) is 30.2 Å². The first-order valence-electron chi connectivity index (χ1n) is 7.06. The van der Waals surface area contributed by atoms with Crippen LogP contribution < -0.4 is 16.4 Å². The maximum Gasteiger partial charge on any atom is 0.251 e. The summed E-state index contributed by atoms with van der Waals surface area (Å²) >= 11 is 5.77. The minimum absolute atomic E-state index is 0. The van der Waals surface area contributed by atoms with E-state index in [4.69, 9.17) is 17.3 Å². The zero-order valence-corrected chi connectivity index (χ0v) is 15.4. The zero-order valence-electron chi connectivity index (χ0n) is 12.9. The molecule has 1 amide bonds. The van der Waals surface area contributed by atoms with Crippen LogP contribution in [-0.4, -0.2) is 31.5 Å². The Balaban J connectivity index is 0.00000441. The van der Waals surface area contributed by atoms with Gasteiger partial charge in [0.2, 0.25) is 0 Å². The Morgan fingerprint density at radius 3 is 2.41 bits per heavy atom. The molecular formula is C15H24BrClN4O. The Morgan fingerprint density at radius 1 is 1.23 bits per heavy atom. The Kier molecular flexibility index (Phi) is 10.7. The molecule has 0 heterocycles. The second kappa shape index (κ2) is 11.3. The monoisotopic (exact) mass is 390 g/mol. The topological polar surface area (TPSA) is 79.5 Å². The highest BCUT2D eigenvalue weighted by molar-refractivity contribution is 8.93. The summed E-state index contributed by atoms with van der Waals surface area (Å²) in [7, 11) is 0. The highest BCUT2D eigenvalue weighted by atomic mass is 79.9. The smallest absolute Gasteiger partial charge is 0.251 e. The molecule has 0 aliphatic carbocycles. The molecule has 0 fully saturated rings. The molecule has 1 aromatic rings. The summed E-state index contributed by atoms with van der Waals surface area (Å²) < 4.78 is 0. The number of guanidine groups is 1. The Morgan fingerprint density at radius 2 is 1.82 bits per heavy atom. The summed E-state index contributed by atoms with van der Waals surface area (Å²) in [4.78, 5) is 16.0. The van der Waals surface area contributed by atoms with Crippen LogP contribution in [0.2, 0.25) is 5.02 Å². The summed E-state index contributed by atoms with van der Waals surface area (Å²) in [6, 6.07) is 6.75. The van der Waals surface area contributed by atoms with Crippen LogP contribution in [0, 0.1) is 5.92 Å². The van der Waals surface area contributed by atoms with E-state index in [1.54, 1.807) is 24.3 Å². The van der Waals surface area contributed by atoms with Crippen molar-refractivity contribution >= 4 is 40.4 Å². The molecule has 4 N–H and O–H groups in total. The van der Waals surface area contributed by atoms with Crippen LogP contribution in [0.5, 0.6) is 0 Å². The standard InChI is InChI=1S/C15H23ClN4O.BrH/c1-11(2)7-8-19-15(17)20-10-9-18-14(21)12-3-5-13(16)6-4-12;/h3-6,11H,7-10H2,1-2H3,(H,18,21)(H3,17,19,20);1H. The van der Waals surface area contributed by atoms with Crippen LogP contribution in [-0.2, 0) is 0 Å². The van der Waals surface area contributed by atoms with Crippen LogP contribution in [0.15, 0.2) is 29.3 Å². The van der Waals surface area contributed by atoms with Gasteiger partial charge in [-0.2, -0.15) is 0 Å². The van der Waals surface area contributed by atoms with Gasteiger partial charge in [0.05, 0.1) is 0 Å².